The second-order valence-corrected chi connectivity index (χ2v) is 5.22. The summed E-state index contributed by atoms with van der Waals surface area (Å²) in [6, 6.07) is 21.2. The highest BCUT2D eigenvalue weighted by atomic mass is 32.2. The quantitative estimate of drug-likeness (QED) is 0.611. The molecule has 2 heteroatoms. The van der Waals surface area contributed by atoms with Crippen LogP contribution < -0.4 is 0 Å². The molecule has 18 heavy (non-hydrogen) atoms. The molecule has 0 N–H and O–H groups in total. The van der Waals surface area contributed by atoms with E-state index in [-0.39, 0.29) is 5.82 Å². The summed E-state index contributed by atoms with van der Waals surface area (Å²) in [5, 5.41) is 2.43. The normalized spacial score (nSPS) is 10.7. The highest BCUT2D eigenvalue weighted by molar-refractivity contribution is 7.99. The predicted octanol–water partition coefficient (Wildman–Crippen LogP) is 5.13. The van der Waals surface area contributed by atoms with Crippen LogP contribution in [0.4, 0.5) is 4.39 Å². The lowest BCUT2D eigenvalue weighted by Crippen LogP contribution is -1.77. The van der Waals surface area contributed by atoms with Crippen LogP contribution in [0.3, 0.4) is 0 Å². The fraction of sp³-hybridized carbons (Fsp3) is 0. The molecule has 0 unspecified atom stereocenters. The maximum atomic E-state index is 13.1. The van der Waals surface area contributed by atoms with Gasteiger partial charge in [0.1, 0.15) is 5.82 Å². The van der Waals surface area contributed by atoms with Gasteiger partial charge in [-0.1, -0.05) is 48.2 Å². The summed E-state index contributed by atoms with van der Waals surface area (Å²) in [4.78, 5) is 2.05. The molecule has 0 aliphatic carbocycles. The van der Waals surface area contributed by atoms with Crippen molar-refractivity contribution in [2.24, 2.45) is 0 Å². The second kappa shape index (κ2) is 4.83. The van der Waals surface area contributed by atoms with Crippen LogP contribution in [0, 0.1) is 5.82 Å². The molecule has 0 nitrogen and oxygen atoms in total. The minimum Gasteiger partial charge on any atom is -0.207 e. The van der Waals surface area contributed by atoms with E-state index in [2.05, 4.69) is 30.3 Å². The van der Waals surface area contributed by atoms with E-state index in [1.54, 1.807) is 23.9 Å². The predicted molar refractivity (Wildman–Crippen MR) is 74.5 cm³/mol. The van der Waals surface area contributed by atoms with Gasteiger partial charge in [-0.15, -0.1) is 0 Å². The van der Waals surface area contributed by atoms with Gasteiger partial charge in [-0.3, -0.25) is 0 Å². The van der Waals surface area contributed by atoms with Crippen LogP contribution in [0.1, 0.15) is 0 Å². The average molecular weight is 254 g/mol. The van der Waals surface area contributed by atoms with E-state index in [9.17, 15) is 4.39 Å². The molecule has 0 amide bonds. The topological polar surface area (TPSA) is 0 Å². The summed E-state index contributed by atoms with van der Waals surface area (Å²) >= 11 is 1.58. The van der Waals surface area contributed by atoms with Crippen molar-refractivity contribution in [3.05, 3.63) is 72.5 Å². The van der Waals surface area contributed by atoms with Crippen molar-refractivity contribution in [1.82, 2.24) is 0 Å². The third-order valence-corrected chi connectivity index (χ3v) is 3.73. The zero-order chi connectivity index (χ0) is 12.4. The van der Waals surface area contributed by atoms with Crippen LogP contribution >= 0.6 is 11.8 Å². The summed E-state index contributed by atoms with van der Waals surface area (Å²) in [5.41, 5.74) is 0. The number of halogens is 1. The maximum Gasteiger partial charge on any atom is 0.124 e. The van der Waals surface area contributed by atoms with Gasteiger partial charge in [-0.2, -0.15) is 0 Å². The molecule has 0 spiro atoms. The van der Waals surface area contributed by atoms with Gasteiger partial charge in [0, 0.05) is 9.79 Å². The zero-order valence-corrected chi connectivity index (χ0v) is 10.5. The molecule has 0 heterocycles. The Hall–Kier alpha value is -1.80. The van der Waals surface area contributed by atoms with E-state index < -0.39 is 0 Å². The smallest absolute Gasteiger partial charge is 0.124 e. The molecule has 3 rings (SSSR count). The summed E-state index contributed by atoms with van der Waals surface area (Å²) in [6.45, 7) is 0. The Labute approximate surface area is 109 Å². The van der Waals surface area contributed by atoms with Crippen LogP contribution in [0.2, 0.25) is 0 Å². The first-order chi connectivity index (χ1) is 8.81. The lowest BCUT2D eigenvalue weighted by molar-refractivity contribution is 0.624. The summed E-state index contributed by atoms with van der Waals surface area (Å²) in [6.07, 6.45) is 0. The number of benzene rings is 3. The third-order valence-electron chi connectivity index (χ3n) is 2.75. The Balaban J connectivity index is 1.95. The molecule has 88 valence electrons. The van der Waals surface area contributed by atoms with E-state index in [1.807, 2.05) is 18.2 Å². The minimum atomic E-state index is -0.194. The fourth-order valence-electron chi connectivity index (χ4n) is 1.90. The van der Waals surface area contributed by atoms with Gasteiger partial charge >= 0.3 is 0 Å². The molecule has 3 aromatic carbocycles. The molecule has 0 fully saturated rings. The van der Waals surface area contributed by atoms with E-state index in [4.69, 9.17) is 0 Å². The molecule has 3 aromatic rings. The van der Waals surface area contributed by atoms with Crippen molar-refractivity contribution in [1.29, 1.82) is 0 Å². The van der Waals surface area contributed by atoms with Gasteiger partial charge in [0.2, 0.25) is 0 Å². The first kappa shape index (κ1) is 11.3. The minimum absolute atomic E-state index is 0.194. The Bertz CT molecular complexity index is 691. The van der Waals surface area contributed by atoms with Gasteiger partial charge in [0.25, 0.3) is 0 Å². The van der Waals surface area contributed by atoms with Crippen LogP contribution in [0.15, 0.2) is 76.5 Å². The van der Waals surface area contributed by atoms with Crippen molar-refractivity contribution < 1.29 is 4.39 Å². The van der Waals surface area contributed by atoms with E-state index >= 15 is 0 Å². The lowest BCUT2D eigenvalue weighted by Gasteiger charge is -2.04. The van der Waals surface area contributed by atoms with Crippen LogP contribution in [0.25, 0.3) is 10.8 Å². The lowest BCUT2D eigenvalue weighted by atomic mass is 10.1. The first-order valence-corrected chi connectivity index (χ1v) is 6.55. The standard InChI is InChI=1S/C16H11FS/c17-14-6-3-7-15(11-14)18-16-9-8-12-4-1-2-5-13(12)10-16/h1-11H. The Morgan fingerprint density at radius 2 is 1.44 bits per heavy atom. The van der Waals surface area contributed by atoms with Crippen LogP contribution in [-0.2, 0) is 0 Å². The molecule has 0 aliphatic rings. The van der Waals surface area contributed by atoms with Crippen LogP contribution in [0.5, 0.6) is 0 Å². The monoisotopic (exact) mass is 254 g/mol. The number of fused-ring (bicyclic) bond motifs is 1. The Kier molecular flexibility index (Phi) is 3.03. The largest absolute Gasteiger partial charge is 0.207 e. The van der Waals surface area contributed by atoms with Crippen LogP contribution in [-0.4, -0.2) is 0 Å². The summed E-state index contributed by atoms with van der Waals surface area (Å²) in [7, 11) is 0. The van der Waals surface area contributed by atoms with Gasteiger partial charge in [-0.05, 0) is 41.1 Å². The summed E-state index contributed by atoms with van der Waals surface area (Å²) < 4.78 is 13.1. The maximum absolute atomic E-state index is 13.1. The Morgan fingerprint density at radius 1 is 0.667 bits per heavy atom. The molecular weight excluding hydrogens is 243 g/mol. The van der Waals surface area contributed by atoms with E-state index in [1.165, 1.54) is 16.8 Å². The molecule has 0 aromatic heterocycles. The van der Waals surface area contributed by atoms with E-state index in [0.717, 1.165) is 9.79 Å². The van der Waals surface area contributed by atoms with Gasteiger partial charge in [0.05, 0.1) is 0 Å². The second-order valence-electron chi connectivity index (χ2n) is 4.07. The summed E-state index contributed by atoms with van der Waals surface area (Å²) in [5.74, 6) is -0.194. The van der Waals surface area contributed by atoms with Crippen molar-refractivity contribution in [3.63, 3.8) is 0 Å². The third kappa shape index (κ3) is 2.39. The zero-order valence-electron chi connectivity index (χ0n) is 9.64. The SMILES string of the molecule is Fc1cccc(Sc2ccc3ccccc3c2)c1. The first-order valence-electron chi connectivity index (χ1n) is 5.73. The Morgan fingerprint density at radius 3 is 2.28 bits per heavy atom. The molecule has 0 saturated heterocycles. The average Bonchev–Trinajstić information content (AvgIpc) is 2.39. The van der Waals surface area contributed by atoms with Gasteiger partial charge < -0.3 is 0 Å². The van der Waals surface area contributed by atoms with Crippen molar-refractivity contribution in [3.8, 4) is 0 Å². The highest BCUT2D eigenvalue weighted by Crippen LogP contribution is 2.30. The van der Waals surface area contributed by atoms with Crippen molar-refractivity contribution in [2.75, 3.05) is 0 Å². The number of hydrogen-bond acceptors (Lipinski definition) is 1. The molecule has 0 atom stereocenters. The molecule has 0 bridgehead atoms. The molecule has 0 radical (unpaired) electrons. The number of hydrogen-bond donors (Lipinski definition) is 0. The van der Waals surface area contributed by atoms with Crippen molar-refractivity contribution >= 4 is 22.5 Å². The highest BCUT2D eigenvalue weighted by Gasteiger charge is 2.00. The van der Waals surface area contributed by atoms with Crippen molar-refractivity contribution in [2.45, 2.75) is 9.79 Å². The molecular formula is C16H11FS. The van der Waals surface area contributed by atoms with Gasteiger partial charge in [0.15, 0.2) is 0 Å². The van der Waals surface area contributed by atoms with Gasteiger partial charge in [-0.25, -0.2) is 4.39 Å². The fourth-order valence-corrected chi connectivity index (χ4v) is 2.81. The number of rotatable bonds is 2. The molecule has 0 saturated carbocycles. The molecule has 0 aliphatic heterocycles. The van der Waals surface area contributed by atoms with E-state index in [0.29, 0.717) is 0 Å².